The van der Waals surface area contributed by atoms with Crippen molar-refractivity contribution >= 4 is 40.8 Å². The number of ether oxygens (including phenoxy) is 1. The van der Waals surface area contributed by atoms with E-state index >= 15 is 0 Å². The number of allylic oxidation sites excluding steroid dienone is 2. The number of halogens is 2. The number of amides is 1. The third kappa shape index (κ3) is 8.67. The van der Waals surface area contributed by atoms with Gasteiger partial charge in [0.15, 0.2) is 5.78 Å². The van der Waals surface area contributed by atoms with Crippen molar-refractivity contribution in [1.82, 2.24) is 4.90 Å². The fourth-order valence-corrected chi connectivity index (χ4v) is 4.34. The van der Waals surface area contributed by atoms with Crippen molar-refractivity contribution in [3.8, 4) is 0 Å². The van der Waals surface area contributed by atoms with Crippen molar-refractivity contribution in [1.29, 1.82) is 0 Å². The molecule has 0 unspecified atom stereocenters. The van der Waals surface area contributed by atoms with E-state index in [1.54, 1.807) is 30.0 Å². The van der Waals surface area contributed by atoms with Crippen LogP contribution in [0.15, 0.2) is 34.5 Å². The van der Waals surface area contributed by atoms with Gasteiger partial charge in [-0.15, -0.1) is 0 Å². The lowest BCUT2D eigenvalue weighted by molar-refractivity contribution is -0.117. The first-order chi connectivity index (χ1) is 15.2. The van der Waals surface area contributed by atoms with E-state index in [1.165, 1.54) is 0 Å². The second kappa shape index (κ2) is 10.9. The topological polar surface area (TPSA) is 79.2 Å². The van der Waals surface area contributed by atoms with E-state index in [0.717, 1.165) is 5.56 Å². The normalized spacial score (nSPS) is 16.7. The van der Waals surface area contributed by atoms with Crippen LogP contribution < -0.4 is 0 Å². The van der Waals surface area contributed by atoms with Crippen LogP contribution in [0.4, 0.5) is 4.79 Å². The van der Waals surface area contributed by atoms with Crippen molar-refractivity contribution in [2.24, 2.45) is 10.4 Å². The number of Topliss-reactive ketones (excluding diaryl/α,β-unsaturated/α-hetero) is 1. The molecule has 0 fully saturated rings. The molecule has 8 heteroatoms. The Morgan fingerprint density at radius 1 is 1.18 bits per heavy atom. The van der Waals surface area contributed by atoms with E-state index in [0.29, 0.717) is 53.7 Å². The van der Waals surface area contributed by atoms with Gasteiger partial charge in [-0.2, -0.15) is 0 Å². The van der Waals surface area contributed by atoms with E-state index in [-0.39, 0.29) is 23.5 Å². The molecule has 0 radical (unpaired) electrons. The maximum Gasteiger partial charge on any atom is 0.410 e. The van der Waals surface area contributed by atoms with Gasteiger partial charge in [0, 0.05) is 48.2 Å². The third-order valence-electron chi connectivity index (χ3n) is 5.10. The number of aliphatic imine (C=N–C) groups is 1. The van der Waals surface area contributed by atoms with Crippen molar-refractivity contribution in [2.75, 3.05) is 13.1 Å². The van der Waals surface area contributed by atoms with Crippen LogP contribution >= 0.6 is 23.2 Å². The lowest BCUT2D eigenvalue weighted by Gasteiger charge is -2.29. The second-order valence-corrected chi connectivity index (χ2v) is 11.1. The summed E-state index contributed by atoms with van der Waals surface area (Å²) in [4.78, 5) is 31.3. The molecule has 2 rings (SSSR count). The first-order valence-corrected chi connectivity index (χ1v) is 11.8. The van der Waals surface area contributed by atoms with Gasteiger partial charge in [-0.1, -0.05) is 37.0 Å². The summed E-state index contributed by atoms with van der Waals surface area (Å²) in [6.07, 6.45) is 0.950. The molecule has 0 saturated heterocycles. The molecule has 6 nitrogen and oxygen atoms in total. The quantitative estimate of drug-likeness (QED) is 0.333. The lowest BCUT2D eigenvalue weighted by Crippen LogP contribution is -2.37. The summed E-state index contributed by atoms with van der Waals surface area (Å²) in [5.41, 5.74) is 0.769. The predicted octanol–water partition coefficient (Wildman–Crippen LogP) is 6.78. The van der Waals surface area contributed by atoms with E-state index in [2.05, 4.69) is 4.99 Å². The largest absolute Gasteiger partial charge is 0.511 e. The highest BCUT2D eigenvalue weighted by molar-refractivity contribution is 6.34. The number of carbonyl (C=O) groups is 2. The molecule has 0 bridgehead atoms. The summed E-state index contributed by atoms with van der Waals surface area (Å²) in [5.74, 6) is 0.0175. The second-order valence-electron chi connectivity index (χ2n) is 10.3. The van der Waals surface area contributed by atoms with Crippen molar-refractivity contribution in [2.45, 2.75) is 73.0 Å². The highest BCUT2D eigenvalue weighted by Crippen LogP contribution is 2.36. The van der Waals surface area contributed by atoms with Gasteiger partial charge in [0.2, 0.25) is 0 Å². The molecule has 1 amide bonds. The minimum atomic E-state index is -0.630. The zero-order valence-corrected chi connectivity index (χ0v) is 21.8. The van der Waals surface area contributed by atoms with Crippen molar-refractivity contribution < 1.29 is 19.4 Å². The van der Waals surface area contributed by atoms with Gasteiger partial charge >= 0.3 is 6.09 Å². The van der Waals surface area contributed by atoms with Crippen LogP contribution in [0.1, 0.15) is 66.4 Å². The van der Waals surface area contributed by atoms with Crippen LogP contribution in [-0.4, -0.2) is 46.3 Å². The monoisotopic (exact) mass is 496 g/mol. The Bertz CT molecular complexity index is 941. The van der Waals surface area contributed by atoms with Gasteiger partial charge in [0.05, 0.1) is 5.57 Å². The van der Waals surface area contributed by atoms with E-state index in [4.69, 9.17) is 27.9 Å². The molecular weight excluding hydrogens is 463 g/mol. The smallest absolute Gasteiger partial charge is 0.410 e. The summed E-state index contributed by atoms with van der Waals surface area (Å²) < 4.78 is 5.55. The third-order valence-corrected chi connectivity index (χ3v) is 5.53. The number of aliphatic hydroxyl groups excluding tert-OH is 1. The molecule has 0 atom stereocenters. The SMILES string of the molecule is CC(=NCCCN(Cc1cc(Cl)cc(Cl)c1)C(=O)OC(C)(C)C)C1=C(O)CC(C)(C)CC1=O. The maximum absolute atomic E-state index is 12.8. The minimum absolute atomic E-state index is 0.0850. The maximum atomic E-state index is 12.8. The number of hydrogen-bond donors (Lipinski definition) is 1. The van der Waals surface area contributed by atoms with Crippen molar-refractivity contribution in [3.63, 3.8) is 0 Å². The number of nitrogens with zero attached hydrogens (tertiary/aromatic N) is 2. The van der Waals surface area contributed by atoms with Crippen LogP contribution in [0.25, 0.3) is 0 Å². The predicted molar refractivity (Wildman–Crippen MR) is 133 cm³/mol. The van der Waals surface area contributed by atoms with E-state index in [1.807, 2.05) is 34.6 Å². The number of ketones is 1. The average molecular weight is 497 g/mol. The Morgan fingerprint density at radius 2 is 1.79 bits per heavy atom. The highest BCUT2D eigenvalue weighted by Gasteiger charge is 2.34. The average Bonchev–Trinajstić information content (AvgIpc) is 2.60. The van der Waals surface area contributed by atoms with Gasteiger partial charge in [-0.25, -0.2) is 4.79 Å². The molecule has 0 aliphatic heterocycles. The number of aliphatic hydroxyl groups is 1. The number of benzene rings is 1. The van der Waals surface area contributed by atoms with Crippen LogP contribution in [0, 0.1) is 5.41 Å². The zero-order chi connectivity index (χ0) is 25.0. The van der Waals surface area contributed by atoms with Gasteiger partial charge in [-0.05, 0) is 63.3 Å². The lowest BCUT2D eigenvalue weighted by atomic mass is 9.76. The zero-order valence-electron chi connectivity index (χ0n) is 20.3. The summed E-state index contributed by atoms with van der Waals surface area (Å²) in [5, 5.41) is 11.4. The molecule has 0 saturated carbocycles. The van der Waals surface area contributed by atoms with Crippen molar-refractivity contribution in [3.05, 3.63) is 45.1 Å². The van der Waals surface area contributed by atoms with Gasteiger partial charge in [-0.3, -0.25) is 9.79 Å². The molecule has 0 heterocycles. The standard InChI is InChI=1S/C25H34Cl2N2O4/c1-16(22-20(30)13-25(5,6)14-21(22)31)28-8-7-9-29(23(32)33-24(2,3)4)15-17-10-18(26)12-19(27)11-17/h10-12,30H,7-9,13-15H2,1-6H3. The van der Waals surface area contributed by atoms with E-state index < -0.39 is 11.7 Å². The number of hydrogen-bond acceptors (Lipinski definition) is 5. The summed E-state index contributed by atoms with van der Waals surface area (Å²) in [6, 6.07) is 5.16. The van der Waals surface area contributed by atoms with Gasteiger partial charge in [0.25, 0.3) is 0 Å². The fourth-order valence-electron chi connectivity index (χ4n) is 3.77. The number of rotatable bonds is 7. The highest BCUT2D eigenvalue weighted by atomic mass is 35.5. The molecular formula is C25H34Cl2N2O4. The molecule has 182 valence electrons. The molecule has 1 aromatic rings. The Labute approximate surface area is 206 Å². The summed E-state index contributed by atoms with van der Waals surface area (Å²) in [6.45, 7) is 12.2. The first kappa shape index (κ1) is 27.2. The Balaban J connectivity index is 2.09. The summed E-state index contributed by atoms with van der Waals surface area (Å²) in [7, 11) is 0. The van der Waals surface area contributed by atoms with Crippen LogP contribution in [0.2, 0.25) is 10.0 Å². The molecule has 33 heavy (non-hydrogen) atoms. The first-order valence-electron chi connectivity index (χ1n) is 11.1. The Kier molecular flexibility index (Phi) is 9.00. The molecule has 1 aliphatic rings. The fraction of sp³-hybridized carbons (Fsp3) is 0.560. The molecule has 0 aromatic heterocycles. The van der Waals surface area contributed by atoms with Gasteiger partial charge in [0.1, 0.15) is 11.4 Å². The molecule has 1 N–H and O–H groups in total. The summed E-state index contributed by atoms with van der Waals surface area (Å²) >= 11 is 12.2. The molecule has 1 aromatic carbocycles. The van der Waals surface area contributed by atoms with Crippen LogP contribution in [0.5, 0.6) is 0 Å². The van der Waals surface area contributed by atoms with Crippen LogP contribution in [-0.2, 0) is 16.1 Å². The minimum Gasteiger partial charge on any atom is -0.511 e. The Morgan fingerprint density at radius 3 is 2.33 bits per heavy atom. The van der Waals surface area contributed by atoms with Crippen LogP contribution in [0.3, 0.4) is 0 Å². The number of carbonyl (C=O) groups excluding carboxylic acids is 2. The molecule has 1 aliphatic carbocycles. The Hall–Kier alpha value is -2.05. The molecule has 0 spiro atoms. The van der Waals surface area contributed by atoms with Gasteiger partial charge < -0.3 is 14.7 Å². The van der Waals surface area contributed by atoms with E-state index in [9.17, 15) is 14.7 Å².